The summed E-state index contributed by atoms with van der Waals surface area (Å²) in [6, 6.07) is 5.76. The van der Waals surface area contributed by atoms with E-state index >= 15 is 0 Å². The number of hydrogen-bond donors (Lipinski definition) is 2. The quantitative estimate of drug-likeness (QED) is 0.875. The Morgan fingerprint density at radius 3 is 2.50 bits per heavy atom. The molecule has 0 spiro atoms. The molecule has 0 radical (unpaired) electrons. The largest absolute Gasteiger partial charge is 0.508 e. The van der Waals surface area contributed by atoms with Crippen LogP contribution in [0.25, 0.3) is 0 Å². The zero-order chi connectivity index (χ0) is 11.6. The van der Waals surface area contributed by atoms with E-state index < -0.39 is 0 Å². The minimum absolute atomic E-state index is 0.00301. The summed E-state index contributed by atoms with van der Waals surface area (Å²) < 4.78 is 0.914. The van der Waals surface area contributed by atoms with Crippen molar-refractivity contribution in [3.8, 4) is 5.75 Å². The fourth-order valence-electron chi connectivity index (χ4n) is 2.77. The summed E-state index contributed by atoms with van der Waals surface area (Å²) in [4.78, 5) is 0. The van der Waals surface area contributed by atoms with Crippen LogP contribution in [0.15, 0.2) is 22.7 Å². The van der Waals surface area contributed by atoms with Gasteiger partial charge in [0.1, 0.15) is 5.75 Å². The van der Waals surface area contributed by atoms with Gasteiger partial charge in [-0.05, 0) is 25.0 Å². The van der Waals surface area contributed by atoms with E-state index in [0.29, 0.717) is 12.3 Å². The highest BCUT2D eigenvalue weighted by Crippen LogP contribution is 2.42. The first-order valence-electron chi connectivity index (χ1n) is 5.87. The van der Waals surface area contributed by atoms with Crippen LogP contribution in [0, 0.1) is 0 Å². The van der Waals surface area contributed by atoms with E-state index in [0.717, 1.165) is 22.9 Å². The lowest BCUT2D eigenvalue weighted by molar-refractivity contribution is 0.291. The van der Waals surface area contributed by atoms with Gasteiger partial charge in [-0.1, -0.05) is 41.3 Å². The van der Waals surface area contributed by atoms with Gasteiger partial charge in [0, 0.05) is 22.0 Å². The Labute approximate surface area is 105 Å². The number of aromatic hydroxyl groups is 1. The molecule has 0 unspecified atom stereocenters. The monoisotopic (exact) mass is 283 g/mol. The van der Waals surface area contributed by atoms with Gasteiger partial charge in [0.25, 0.3) is 0 Å². The van der Waals surface area contributed by atoms with E-state index in [-0.39, 0.29) is 5.41 Å². The third kappa shape index (κ3) is 2.11. The van der Waals surface area contributed by atoms with Gasteiger partial charge < -0.3 is 10.8 Å². The van der Waals surface area contributed by atoms with Gasteiger partial charge in [0.05, 0.1) is 0 Å². The van der Waals surface area contributed by atoms with Crippen molar-refractivity contribution in [2.75, 3.05) is 6.54 Å². The topological polar surface area (TPSA) is 46.2 Å². The van der Waals surface area contributed by atoms with Crippen molar-refractivity contribution in [1.29, 1.82) is 0 Å². The van der Waals surface area contributed by atoms with Gasteiger partial charge in [0.15, 0.2) is 0 Å². The molecule has 0 aromatic heterocycles. The predicted molar refractivity (Wildman–Crippen MR) is 69.6 cm³/mol. The van der Waals surface area contributed by atoms with Gasteiger partial charge >= 0.3 is 0 Å². The second kappa shape index (κ2) is 4.76. The zero-order valence-electron chi connectivity index (χ0n) is 9.38. The first-order valence-corrected chi connectivity index (χ1v) is 6.66. The maximum Gasteiger partial charge on any atom is 0.120 e. The highest BCUT2D eigenvalue weighted by Gasteiger charge is 2.34. The molecular formula is C13H18BrNO. The van der Waals surface area contributed by atoms with Gasteiger partial charge in [0.2, 0.25) is 0 Å². The molecule has 2 nitrogen and oxygen atoms in total. The SMILES string of the molecule is NCC1(c2ccc(Br)cc2O)CCCCC1. The molecule has 0 atom stereocenters. The van der Waals surface area contributed by atoms with Crippen molar-refractivity contribution in [1.82, 2.24) is 0 Å². The Morgan fingerprint density at radius 2 is 1.94 bits per heavy atom. The van der Waals surface area contributed by atoms with Crippen LogP contribution in [-0.2, 0) is 5.41 Å². The smallest absolute Gasteiger partial charge is 0.120 e. The van der Waals surface area contributed by atoms with Gasteiger partial charge in [-0.15, -0.1) is 0 Å². The molecule has 1 aliphatic carbocycles. The van der Waals surface area contributed by atoms with E-state index in [1.54, 1.807) is 6.07 Å². The second-order valence-electron chi connectivity index (χ2n) is 4.71. The minimum Gasteiger partial charge on any atom is -0.508 e. The molecule has 16 heavy (non-hydrogen) atoms. The van der Waals surface area contributed by atoms with Crippen LogP contribution in [0.2, 0.25) is 0 Å². The van der Waals surface area contributed by atoms with Gasteiger partial charge in [-0.3, -0.25) is 0 Å². The molecule has 0 heterocycles. The first-order chi connectivity index (χ1) is 7.68. The van der Waals surface area contributed by atoms with Crippen molar-refractivity contribution in [2.45, 2.75) is 37.5 Å². The van der Waals surface area contributed by atoms with Crippen molar-refractivity contribution in [3.05, 3.63) is 28.2 Å². The molecule has 1 saturated carbocycles. The number of phenolic OH excluding ortho intramolecular Hbond substituents is 1. The molecule has 88 valence electrons. The van der Waals surface area contributed by atoms with E-state index in [4.69, 9.17) is 5.73 Å². The van der Waals surface area contributed by atoms with Crippen LogP contribution in [0.5, 0.6) is 5.75 Å². The molecule has 0 saturated heterocycles. The van der Waals surface area contributed by atoms with Crippen molar-refractivity contribution >= 4 is 15.9 Å². The fraction of sp³-hybridized carbons (Fsp3) is 0.538. The summed E-state index contributed by atoms with van der Waals surface area (Å²) in [5.41, 5.74) is 6.98. The average Bonchev–Trinajstić information content (AvgIpc) is 2.30. The van der Waals surface area contributed by atoms with E-state index in [1.807, 2.05) is 12.1 Å². The predicted octanol–water partition coefficient (Wildman–Crippen LogP) is 3.32. The Kier molecular flexibility index (Phi) is 3.55. The van der Waals surface area contributed by atoms with Crippen LogP contribution >= 0.6 is 15.9 Å². The maximum atomic E-state index is 10.1. The lowest BCUT2D eigenvalue weighted by atomic mass is 9.69. The summed E-state index contributed by atoms with van der Waals surface area (Å²) in [6.07, 6.45) is 5.91. The summed E-state index contributed by atoms with van der Waals surface area (Å²) in [5, 5.41) is 10.1. The van der Waals surface area contributed by atoms with Crippen molar-refractivity contribution in [3.63, 3.8) is 0 Å². The minimum atomic E-state index is 0.00301. The molecular weight excluding hydrogens is 266 g/mol. The zero-order valence-corrected chi connectivity index (χ0v) is 11.0. The summed E-state index contributed by atoms with van der Waals surface area (Å²) in [7, 11) is 0. The number of phenols is 1. The summed E-state index contributed by atoms with van der Waals surface area (Å²) >= 11 is 3.37. The van der Waals surface area contributed by atoms with E-state index in [9.17, 15) is 5.11 Å². The third-order valence-corrected chi connectivity index (χ3v) is 4.23. The van der Waals surface area contributed by atoms with E-state index in [1.165, 1.54) is 19.3 Å². The number of rotatable bonds is 2. The van der Waals surface area contributed by atoms with Crippen LogP contribution in [0.1, 0.15) is 37.7 Å². The molecule has 0 aliphatic heterocycles. The Morgan fingerprint density at radius 1 is 1.25 bits per heavy atom. The Hall–Kier alpha value is -0.540. The standard InChI is InChI=1S/C13H18BrNO/c14-10-4-5-11(12(16)8-10)13(9-15)6-2-1-3-7-13/h4-5,8,16H,1-3,6-7,9,15H2. The molecule has 3 heteroatoms. The van der Waals surface area contributed by atoms with Crippen molar-refractivity contribution < 1.29 is 5.11 Å². The Bertz CT molecular complexity index is 372. The fourth-order valence-corrected chi connectivity index (χ4v) is 3.11. The molecule has 1 aliphatic rings. The van der Waals surface area contributed by atoms with E-state index in [2.05, 4.69) is 15.9 Å². The number of benzene rings is 1. The average molecular weight is 284 g/mol. The van der Waals surface area contributed by atoms with Crippen LogP contribution in [0.4, 0.5) is 0 Å². The lowest BCUT2D eigenvalue weighted by Crippen LogP contribution is -2.37. The molecule has 2 rings (SSSR count). The second-order valence-corrected chi connectivity index (χ2v) is 5.62. The molecule has 0 amide bonds. The molecule has 1 fully saturated rings. The number of nitrogens with two attached hydrogens (primary N) is 1. The first kappa shape index (κ1) is 11.9. The third-order valence-electron chi connectivity index (χ3n) is 3.73. The molecule has 3 N–H and O–H groups in total. The molecule has 1 aromatic carbocycles. The molecule has 1 aromatic rings. The van der Waals surface area contributed by atoms with Gasteiger partial charge in [-0.2, -0.15) is 0 Å². The number of hydrogen-bond acceptors (Lipinski definition) is 2. The summed E-state index contributed by atoms with van der Waals surface area (Å²) in [5.74, 6) is 0.377. The van der Waals surface area contributed by atoms with Crippen LogP contribution in [-0.4, -0.2) is 11.7 Å². The lowest BCUT2D eigenvalue weighted by Gasteiger charge is -2.37. The summed E-state index contributed by atoms with van der Waals surface area (Å²) in [6.45, 7) is 0.627. The van der Waals surface area contributed by atoms with Crippen LogP contribution < -0.4 is 5.73 Å². The number of halogens is 1. The highest BCUT2D eigenvalue weighted by molar-refractivity contribution is 9.10. The van der Waals surface area contributed by atoms with Gasteiger partial charge in [-0.25, -0.2) is 0 Å². The molecule has 0 bridgehead atoms. The van der Waals surface area contributed by atoms with Crippen LogP contribution in [0.3, 0.4) is 0 Å². The Balaban J connectivity index is 2.39. The maximum absolute atomic E-state index is 10.1. The normalized spacial score (nSPS) is 19.6. The highest BCUT2D eigenvalue weighted by atomic mass is 79.9. The van der Waals surface area contributed by atoms with Crippen molar-refractivity contribution in [2.24, 2.45) is 5.73 Å².